The lowest BCUT2D eigenvalue weighted by Gasteiger charge is -2.20. The van der Waals surface area contributed by atoms with Gasteiger partial charge in [0.2, 0.25) is 17.5 Å². The molecule has 12 nitrogen and oxygen atoms in total. The molecule has 1 aliphatic heterocycles. The predicted molar refractivity (Wildman–Crippen MR) is 174 cm³/mol. The standard InChI is InChI=1S/C33H32ClF2N7O5/c1-15-21(39-30(45)29-32(46)42(2)33(47)43(3)41-29)11-9-19(35)25(15)27-20(36)8-7-18(28(27)34)23-13-16-5-10-22(26(16)31(40-23)48-4)37-14-17-6-12-24(44)38-17/h7-9,11,13,17,22,37H,5-6,10,12,14H2,1-4H3,(H,38,44)(H,39,45). The van der Waals surface area contributed by atoms with Gasteiger partial charge in [-0.2, -0.15) is 5.10 Å². The molecule has 4 aromatic rings. The van der Waals surface area contributed by atoms with Crippen molar-refractivity contribution in [3.63, 3.8) is 0 Å². The molecule has 2 aliphatic rings. The molecule has 2 aromatic heterocycles. The molecule has 0 saturated carbocycles. The van der Waals surface area contributed by atoms with Crippen molar-refractivity contribution < 1.29 is 23.1 Å². The molecule has 0 spiro atoms. The third-order valence-electron chi connectivity index (χ3n) is 8.86. The second-order valence-electron chi connectivity index (χ2n) is 11.8. The van der Waals surface area contributed by atoms with E-state index < -0.39 is 34.5 Å². The number of ether oxygens (including phenoxy) is 1. The Morgan fingerprint density at radius 3 is 2.52 bits per heavy atom. The van der Waals surface area contributed by atoms with Crippen LogP contribution in [0.1, 0.15) is 52.5 Å². The largest absolute Gasteiger partial charge is 0.481 e. The van der Waals surface area contributed by atoms with Crippen molar-refractivity contribution >= 4 is 29.1 Å². The molecule has 1 saturated heterocycles. The number of aromatic nitrogens is 4. The minimum atomic E-state index is -0.942. The molecule has 6 rings (SSSR count). The van der Waals surface area contributed by atoms with Gasteiger partial charge in [0.15, 0.2) is 0 Å². The van der Waals surface area contributed by atoms with Gasteiger partial charge >= 0.3 is 5.69 Å². The number of hydrogen-bond acceptors (Lipinski definition) is 8. The number of benzene rings is 2. The SMILES string of the molecule is COc1nc(-c2ccc(F)c(-c3c(F)ccc(NC(=O)c4nn(C)c(=O)n(C)c4=O)c3C)c2Cl)cc2c1C(NCC1CCC(=O)N1)CC2. The zero-order chi connectivity index (χ0) is 34.4. The Labute approximate surface area is 278 Å². The molecule has 1 fully saturated rings. The maximum absolute atomic E-state index is 15.6. The van der Waals surface area contributed by atoms with Crippen molar-refractivity contribution in [2.45, 2.75) is 44.7 Å². The fourth-order valence-electron chi connectivity index (χ4n) is 6.34. The number of fused-ring (bicyclic) bond motifs is 1. The zero-order valence-electron chi connectivity index (χ0n) is 26.5. The maximum atomic E-state index is 15.6. The van der Waals surface area contributed by atoms with E-state index in [1.807, 2.05) is 6.07 Å². The Bertz CT molecular complexity index is 2120. The van der Waals surface area contributed by atoms with Gasteiger partial charge in [-0.05, 0) is 67.6 Å². The first-order valence-electron chi connectivity index (χ1n) is 15.2. The van der Waals surface area contributed by atoms with Crippen LogP contribution in [-0.2, 0) is 25.3 Å². The highest BCUT2D eigenvalue weighted by Gasteiger charge is 2.31. The maximum Gasteiger partial charge on any atom is 0.346 e. The molecule has 2 aromatic carbocycles. The number of nitrogens with zero attached hydrogens (tertiary/aromatic N) is 4. The molecule has 15 heteroatoms. The molecule has 3 N–H and O–H groups in total. The Balaban J connectivity index is 1.35. The topological polar surface area (TPSA) is 149 Å². The smallest absolute Gasteiger partial charge is 0.346 e. The van der Waals surface area contributed by atoms with Crippen molar-refractivity contribution in [1.82, 2.24) is 30.0 Å². The van der Waals surface area contributed by atoms with Gasteiger partial charge in [0, 0.05) is 67.1 Å². The average molecular weight is 680 g/mol. The molecular weight excluding hydrogens is 648 g/mol. The summed E-state index contributed by atoms with van der Waals surface area (Å²) in [5.74, 6) is -2.13. The fourth-order valence-corrected chi connectivity index (χ4v) is 6.69. The molecular formula is C33H32ClF2N7O5. The van der Waals surface area contributed by atoms with Crippen molar-refractivity contribution in [2.24, 2.45) is 14.1 Å². The fraction of sp³-hybridized carbons (Fsp3) is 0.333. The van der Waals surface area contributed by atoms with Crippen LogP contribution in [0.3, 0.4) is 0 Å². The van der Waals surface area contributed by atoms with Gasteiger partial charge in [-0.1, -0.05) is 11.6 Å². The van der Waals surface area contributed by atoms with E-state index in [9.17, 15) is 19.2 Å². The lowest BCUT2D eigenvalue weighted by atomic mass is 9.94. The van der Waals surface area contributed by atoms with Gasteiger partial charge in [-0.25, -0.2) is 23.2 Å². The van der Waals surface area contributed by atoms with E-state index in [0.29, 0.717) is 36.5 Å². The summed E-state index contributed by atoms with van der Waals surface area (Å²) in [5.41, 5.74) is 0.182. The van der Waals surface area contributed by atoms with Crippen LogP contribution in [-0.4, -0.2) is 50.8 Å². The number of methoxy groups -OCH3 is 1. The first-order valence-corrected chi connectivity index (χ1v) is 15.6. The van der Waals surface area contributed by atoms with Crippen LogP contribution < -0.4 is 31.9 Å². The van der Waals surface area contributed by atoms with Crippen molar-refractivity contribution in [1.29, 1.82) is 0 Å². The van der Waals surface area contributed by atoms with Gasteiger partial charge in [-0.3, -0.25) is 19.0 Å². The third kappa shape index (κ3) is 5.85. The van der Waals surface area contributed by atoms with Crippen LogP contribution in [0.15, 0.2) is 39.9 Å². The first kappa shape index (κ1) is 33.0. The summed E-state index contributed by atoms with van der Waals surface area (Å²) in [6.45, 7) is 2.08. The molecule has 48 heavy (non-hydrogen) atoms. The normalized spacial score (nSPS) is 16.9. The Hall–Kier alpha value is -4.95. The van der Waals surface area contributed by atoms with E-state index in [1.165, 1.54) is 46.3 Å². The second kappa shape index (κ2) is 12.9. The molecule has 250 valence electrons. The van der Waals surface area contributed by atoms with Crippen LogP contribution in [0.5, 0.6) is 5.88 Å². The number of rotatable bonds is 8. The second-order valence-corrected chi connectivity index (χ2v) is 12.2. The number of nitrogens with one attached hydrogen (secondary N) is 3. The summed E-state index contributed by atoms with van der Waals surface area (Å²) in [5, 5.41) is 12.7. The number of carbonyl (C=O) groups is 2. The van der Waals surface area contributed by atoms with Gasteiger partial charge < -0.3 is 20.7 Å². The molecule has 0 radical (unpaired) electrons. The molecule has 2 atom stereocenters. The van der Waals surface area contributed by atoms with Crippen LogP contribution in [0.2, 0.25) is 5.02 Å². The Morgan fingerprint density at radius 2 is 1.81 bits per heavy atom. The van der Waals surface area contributed by atoms with Gasteiger partial charge in [0.1, 0.15) is 11.6 Å². The lowest BCUT2D eigenvalue weighted by molar-refractivity contribution is -0.119. The van der Waals surface area contributed by atoms with Crippen LogP contribution in [0.4, 0.5) is 14.5 Å². The minimum absolute atomic E-state index is 0.0425. The Morgan fingerprint density at radius 1 is 1.08 bits per heavy atom. The van der Waals surface area contributed by atoms with E-state index in [2.05, 4.69) is 21.0 Å². The van der Waals surface area contributed by atoms with Crippen molar-refractivity contribution in [3.8, 4) is 28.3 Å². The number of anilines is 1. The number of aryl methyl sites for hydroxylation is 2. The van der Waals surface area contributed by atoms with E-state index in [-0.39, 0.29) is 45.4 Å². The summed E-state index contributed by atoms with van der Waals surface area (Å²) >= 11 is 6.85. The predicted octanol–water partition coefficient (Wildman–Crippen LogP) is 3.56. The van der Waals surface area contributed by atoms with Crippen LogP contribution >= 0.6 is 11.6 Å². The molecule has 2 amide bonds. The van der Waals surface area contributed by atoms with Gasteiger partial charge in [0.05, 0.1) is 17.8 Å². The van der Waals surface area contributed by atoms with Crippen molar-refractivity contribution in [3.05, 3.63) is 90.2 Å². The minimum Gasteiger partial charge on any atom is -0.481 e. The van der Waals surface area contributed by atoms with Crippen LogP contribution in [0.25, 0.3) is 22.4 Å². The van der Waals surface area contributed by atoms with E-state index in [1.54, 1.807) is 0 Å². The number of pyridine rings is 1. The summed E-state index contributed by atoms with van der Waals surface area (Å²) in [6.07, 6.45) is 2.78. The number of carbonyl (C=O) groups excluding carboxylic acids is 2. The zero-order valence-corrected chi connectivity index (χ0v) is 27.3. The summed E-state index contributed by atoms with van der Waals surface area (Å²) in [7, 11) is 4.01. The average Bonchev–Trinajstić information content (AvgIpc) is 3.68. The molecule has 0 bridgehead atoms. The monoisotopic (exact) mass is 679 g/mol. The number of halogens is 3. The summed E-state index contributed by atoms with van der Waals surface area (Å²) in [6, 6.07) is 6.83. The van der Waals surface area contributed by atoms with E-state index >= 15 is 8.78 Å². The number of hydrogen-bond donors (Lipinski definition) is 3. The highest BCUT2D eigenvalue weighted by Crippen LogP contribution is 2.44. The highest BCUT2D eigenvalue weighted by atomic mass is 35.5. The third-order valence-corrected chi connectivity index (χ3v) is 9.26. The molecule has 2 unspecified atom stereocenters. The summed E-state index contributed by atoms with van der Waals surface area (Å²) < 4.78 is 38.4. The Kier molecular flexibility index (Phi) is 8.88. The van der Waals surface area contributed by atoms with Gasteiger partial charge in [0.25, 0.3) is 11.5 Å². The summed E-state index contributed by atoms with van der Waals surface area (Å²) in [4.78, 5) is 54.0. The number of amides is 2. The molecule has 1 aliphatic carbocycles. The lowest BCUT2D eigenvalue weighted by Crippen LogP contribution is -2.43. The molecule has 3 heterocycles. The quantitative estimate of drug-likeness (QED) is 0.256. The highest BCUT2D eigenvalue weighted by molar-refractivity contribution is 6.36. The van der Waals surface area contributed by atoms with E-state index in [4.69, 9.17) is 21.3 Å². The first-order chi connectivity index (χ1) is 22.9. The van der Waals surface area contributed by atoms with E-state index in [0.717, 1.165) is 39.3 Å². The van der Waals surface area contributed by atoms with Gasteiger partial charge in [-0.15, -0.1) is 0 Å². The van der Waals surface area contributed by atoms with Crippen molar-refractivity contribution in [2.75, 3.05) is 19.0 Å². The van der Waals surface area contributed by atoms with Crippen LogP contribution in [0, 0.1) is 18.6 Å².